The van der Waals surface area contributed by atoms with Crippen LogP contribution >= 0.6 is 0 Å². The summed E-state index contributed by atoms with van der Waals surface area (Å²) < 4.78 is 27.4. The van der Waals surface area contributed by atoms with Crippen molar-refractivity contribution in [3.63, 3.8) is 0 Å². The fourth-order valence-corrected chi connectivity index (χ4v) is 3.74. The van der Waals surface area contributed by atoms with Gasteiger partial charge in [0.25, 0.3) is 0 Å². The average Bonchev–Trinajstić information content (AvgIpc) is 2.82. The number of hydrogen-bond acceptors (Lipinski definition) is 7. The van der Waals surface area contributed by atoms with Crippen LogP contribution in [0.25, 0.3) is 0 Å². The molecule has 0 aromatic rings. The predicted molar refractivity (Wildman–Crippen MR) is 62.8 cm³/mol. The summed E-state index contributed by atoms with van der Waals surface area (Å²) in [6.07, 6.45) is 0.440. The van der Waals surface area contributed by atoms with Gasteiger partial charge in [-0.3, -0.25) is 9.80 Å². The van der Waals surface area contributed by atoms with Crippen LogP contribution in [-0.4, -0.2) is 61.6 Å². The number of ether oxygens (including phenoxy) is 1. The highest BCUT2D eigenvalue weighted by atomic mass is 32.2. The summed E-state index contributed by atoms with van der Waals surface area (Å²) in [6, 6.07) is -0.314. The smallest absolute Gasteiger partial charge is 0.362 e. The van der Waals surface area contributed by atoms with Crippen LogP contribution in [0.3, 0.4) is 0 Å². The summed E-state index contributed by atoms with van der Waals surface area (Å²) >= 11 is 0. The van der Waals surface area contributed by atoms with Gasteiger partial charge in [-0.25, -0.2) is 13.2 Å². The number of carbonyl (C=O) groups excluding carboxylic acids is 2. The van der Waals surface area contributed by atoms with Gasteiger partial charge in [0.2, 0.25) is 11.5 Å². The van der Waals surface area contributed by atoms with Crippen molar-refractivity contribution in [1.29, 1.82) is 0 Å². The maximum absolute atomic E-state index is 11.6. The summed E-state index contributed by atoms with van der Waals surface area (Å²) in [5.74, 6) is -1.07. The number of esters is 1. The van der Waals surface area contributed by atoms with Gasteiger partial charge in [0.05, 0.1) is 24.2 Å². The Kier molecular flexibility index (Phi) is 3.38. The Hall–Kier alpha value is -1.44. The van der Waals surface area contributed by atoms with Crippen LogP contribution in [0.1, 0.15) is 13.3 Å². The summed E-state index contributed by atoms with van der Waals surface area (Å²) in [5.41, 5.74) is -0.235. The highest BCUT2D eigenvalue weighted by Crippen LogP contribution is 2.20. The van der Waals surface area contributed by atoms with Crippen LogP contribution in [0, 0.1) is 0 Å². The zero-order valence-corrected chi connectivity index (χ0v) is 10.8. The molecule has 0 N–H and O–H groups in total. The largest absolute Gasteiger partial charge is 0.461 e. The first kappa shape index (κ1) is 13.0. The van der Waals surface area contributed by atoms with Crippen molar-refractivity contribution >= 4 is 27.3 Å². The van der Waals surface area contributed by atoms with Gasteiger partial charge in [0, 0.05) is 0 Å². The van der Waals surface area contributed by atoms with Gasteiger partial charge in [0.1, 0.15) is 6.54 Å². The topological polar surface area (TPSA) is 93.1 Å². The molecule has 1 saturated heterocycles. The molecule has 1 unspecified atom stereocenters. The van der Waals surface area contributed by atoms with Crippen molar-refractivity contribution in [1.82, 2.24) is 5.01 Å². The molecule has 0 aromatic heterocycles. The lowest BCUT2D eigenvalue weighted by Crippen LogP contribution is -2.32. The molecule has 0 amide bonds. The number of sulfone groups is 1. The third-order valence-corrected chi connectivity index (χ3v) is 4.65. The Bertz CT molecular complexity index is 510. The van der Waals surface area contributed by atoms with E-state index in [1.54, 1.807) is 6.92 Å². The zero-order chi connectivity index (χ0) is 13.3. The second kappa shape index (κ2) is 4.68. The second-order valence-corrected chi connectivity index (χ2v) is 6.48. The number of rotatable bonds is 3. The number of nitrogens with zero attached hydrogens (tertiary/aromatic N) is 2. The maximum atomic E-state index is 11.6. The number of carbonyl (C=O) groups is 2. The Labute approximate surface area is 105 Å². The van der Waals surface area contributed by atoms with Gasteiger partial charge in [-0.15, -0.1) is 0 Å². The normalized spacial score (nSPS) is 26.3. The van der Waals surface area contributed by atoms with Gasteiger partial charge in [-0.1, -0.05) is 0 Å². The predicted octanol–water partition coefficient (Wildman–Crippen LogP) is -1.02. The average molecular weight is 274 g/mol. The number of Topliss-reactive ketones (excluding diaryl/α,β-unsaturated/α-hetero) is 1. The van der Waals surface area contributed by atoms with Crippen molar-refractivity contribution in [3.8, 4) is 0 Å². The van der Waals surface area contributed by atoms with Gasteiger partial charge in [-0.05, 0) is 13.3 Å². The summed E-state index contributed by atoms with van der Waals surface area (Å²) in [6.45, 7) is 1.76. The first-order valence-corrected chi connectivity index (χ1v) is 7.51. The highest BCUT2D eigenvalue weighted by molar-refractivity contribution is 7.91. The Morgan fingerprint density at radius 3 is 2.83 bits per heavy atom. The minimum atomic E-state index is -3.04. The molecule has 1 atom stereocenters. The maximum Gasteiger partial charge on any atom is 0.362 e. The van der Waals surface area contributed by atoms with E-state index in [4.69, 9.17) is 4.74 Å². The van der Waals surface area contributed by atoms with E-state index in [0.29, 0.717) is 6.42 Å². The molecule has 18 heavy (non-hydrogen) atoms. The van der Waals surface area contributed by atoms with Crippen LogP contribution in [0.2, 0.25) is 0 Å². The Morgan fingerprint density at radius 2 is 2.28 bits per heavy atom. The lowest BCUT2D eigenvalue weighted by molar-refractivity contribution is -0.135. The van der Waals surface area contributed by atoms with E-state index in [1.807, 2.05) is 0 Å². The lowest BCUT2D eigenvalue weighted by Gasteiger charge is -2.18. The molecule has 8 heteroatoms. The molecule has 2 aliphatic rings. The van der Waals surface area contributed by atoms with E-state index in [-0.39, 0.29) is 36.4 Å². The molecule has 7 nitrogen and oxygen atoms in total. The number of ketones is 1. The molecule has 2 rings (SSSR count). The van der Waals surface area contributed by atoms with E-state index >= 15 is 0 Å². The minimum Gasteiger partial charge on any atom is -0.461 e. The molecule has 0 spiro atoms. The van der Waals surface area contributed by atoms with Crippen molar-refractivity contribution in [2.75, 3.05) is 24.7 Å². The van der Waals surface area contributed by atoms with Gasteiger partial charge < -0.3 is 4.74 Å². The SMILES string of the molecule is CCOC(=O)C1=NN(C2CCS(=O)(=O)C2)CC1=O. The number of hydrogen-bond donors (Lipinski definition) is 0. The number of hydrazone groups is 1. The molecule has 0 saturated carbocycles. The minimum absolute atomic E-state index is 0.0140. The highest BCUT2D eigenvalue weighted by Gasteiger charge is 2.38. The summed E-state index contributed by atoms with van der Waals surface area (Å²) in [7, 11) is -3.04. The summed E-state index contributed by atoms with van der Waals surface area (Å²) in [4.78, 5) is 23.0. The molecular formula is C10H14N2O5S. The Morgan fingerprint density at radius 1 is 1.56 bits per heavy atom. The molecule has 100 valence electrons. The summed E-state index contributed by atoms with van der Waals surface area (Å²) in [5, 5.41) is 5.28. The molecule has 0 bridgehead atoms. The van der Waals surface area contributed by atoms with E-state index in [2.05, 4.69) is 5.10 Å². The molecule has 2 heterocycles. The van der Waals surface area contributed by atoms with Gasteiger partial charge >= 0.3 is 5.97 Å². The van der Waals surface area contributed by atoms with Crippen molar-refractivity contribution in [2.45, 2.75) is 19.4 Å². The molecule has 0 aliphatic carbocycles. The van der Waals surface area contributed by atoms with Gasteiger partial charge in [-0.2, -0.15) is 5.10 Å². The second-order valence-electron chi connectivity index (χ2n) is 4.25. The van der Waals surface area contributed by atoms with Crippen molar-refractivity contribution in [2.24, 2.45) is 5.10 Å². The van der Waals surface area contributed by atoms with E-state index in [0.717, 1.165) is 0 Å². The Balaban J connectivity index is 2.10. The zero-order valence-electron chi connectivity index (χ0n) is 9.96. The third-order valence-electron chi connectivity index (χ3n) is 2.90. The molecular weight excluding hydrogens is 260 g/mol. The standard InChI is InChI=1S/C10H14N2O5S/c1-2-17-10(14)9-8(13)5-12(11-9)7-3-4-18(15,16)6-7/h7H,2-6H2,1H3. The van der Waals surface area contributed by atoms with Crippen LogP contribution in [-0.2, 0) is 24.2 Å². The van der Waals surface area contributed by atoms with Crippen LogP contribution in [0.5, 0.6) is 0 Å². The fraction of sp³-hybridized carbons (Fsp3) is 0.700. The first-order chi connectivity index (χ1) is 8.43. The fourth-order valence-electron chi connectivity index (χ4n) is 2.02. The van der Waals surface area contributed by atoms with E-state index in [1.165, 1.54) is 5.01 Å². The molecule has 0 radical (unpaired) electrons. The van der Waals surface area contributed by atoms with Gasteiger partial charge in [0.15, 0.2) is 9.84 Å². The lowest BCUT2D eigenvalue weighted by atomic mass is 10.2. The van der Waals surface area contributed by atoms with Crippen molar-refractivity contribution in [3.05, 3.63) is 0 Å². The third kappa shape index (κ3) is 2.53. The monoisotopic (exact) mass is 274 g/mol. The van der Waals surface area contributed by atoms with E-state index in [9.17, 15) is 18.0 Å². The van der Waals surface area contributed by atoms with E-state index < -0.39 is 21.6 Å². The molecule has 1 fully saturated rings. The van der Waals surface area contributed by atoms with Crippen LogP contribution in [0.4, 0.5) is 0 Å². The molecule has 0 aromatic carbocycles. The van der Waals surface area contributed by atoms with Crippen LogP contribution in [0.15, 0.2) is 5.10 Å². The quantitative estimate of drug-likeness (QED) is 0.611. The molecule has 2 aliphatic heterocycles. The van der Waals surface area contributed by atoms with Crippen LogP contribution < -0.4 is 0 Å². The first-order valence-electron chi connectivity index (χ1n) is 5.69. The van der Waals surface area contributed by atoms with Crippen molar-refractivity contribution < 1.29 is 22.7 Å².